The van der Waals surface area contributed by atoms with Gasteiger partial charge in [-0.25, -0.2) is 4.83 Å². The largest absolute Gasteiger partial charge is 0.466 e. The number of esters is 1. The van der Waals surface area contributed by atoms with Crippen LogP contribution >= 0.6 is 0 Å². The number of aryl methyl sites for hydroxylation is 1. The fourth-order valence-electron chi connectivity index (χ4n) is 3.45. The van der Waals surface area contributed by atoms with E-state index in [0.717, 1.165) is 24.1 Å². The second-order valence-electron chi connectivity index (χ2n) is 6.37. The molecule has 2 fully saturated rings. The smallest absolute Gasteiger partial charge is 0.309 e. The van der Waals surface area contributed by atoms with E-state index in [9.17, 15) is 13.2 Å². The molecule has 1 aromatic rings. The summed E-state index contributed by atoms with van der Waals surface area (Å²) in [5.74, 6) is -0.0717. The zero-order chi connectivity index (χ0) is 17.3. The number of nitrogens with zero attached hydrogens (tertiary/aromatic N) is 1. The van der Waals surface area contributed by atoms with E-state index in [1.165, 1.54) is 0 Å². The number of hydrogen-bond acceptors (Lipinski definition) is 5. The minimum atomic E-state index is -3.68. The average Bonchev–Trinajstić information content (AvgIpc) is 3.29. The minimum absolute atomic E-state index is 0.0264. The Bertz CT molecular complexity index is 755. The summed E-state index contributed by atoms with van der Waals surface area (Å²) < 4.78 is 29.7. The summed E-state index contributed by atoms with van der Waals surface area (Å²) in [4.78, 5) is 14.5. The molecule has 6 nitrogen and oxygen atoms in total. The molecule has 130 valence electrons. The number of hydrogen-bond donors (Lipinski definition) is 1. The molecule has 0 amide bonds. The first-order valence-electron chi connectivity index (χ1n) is 8.25. The Morgan fingerprint density at radius 2 is 2.04 bits per heavy atom. The molecule has 1 N–H and O–H groups in total. The fraction of sp³-hybridized carbons (Fsp3) is 0.529. The molecule has 24 heavy (non-hydrogen) atoms. The van der Waals surface area contributed by atoms with E-state index in [0.29, 0.717) is 13.0 Å². The van der Waals surface area contributed by atoms with Crippen LogP contribution in [0.5, 0.6) is 0 Å². The van der Waals surface area contributed by atoms with Gasteiger partial charge in [-0.1, -0.05) is 17.7 Å². The monoisotopic (exact) mass is 350 g/mol. The summed E-state index contributed by atoms with van der Waals surface area (Å²) in [7, 11) is -3.68. The number of sulfonamides is 1. The van der Waals surface area contributed by atoms with E-state index in [1.54, 1.807) is 31.2 Å². The van der Waals surface area contributed by atoms with Crippen LogP contribution in [-0.4, -0.2) is 26.7 Å². The Morgan fingerprint density at radius 1 is 1.33 bits per heavy atom. The molecular weight excluding hydrogens is 328 g/mol. The van der Waals surface area contributed by atoms with Gasteiger partial charge in [-0.05, 0) is 51.2 Å². The normalized spacial score (nSPS) is 27.4. The predicted octanol–water partition coefficient (Wildman–Crippen LogP) is 2.24. The molecule has 0 heterocycles. The first-order valence-corrected chi connectivity index (χ1v) is 9.74. The first-order chi connectivity index (χ1) is 11.4. The zero-order valence-corrected chi connectivity index (χ0v) is 14.7. The quantitative estimate of drug-likeness (QED) is 0.652. The van der Waals surface area contributed by atoms with Crippen LogP contribution < -0.4 is 4.83 Å². The third kappa shape index (κ3) is 3.31. The van der Waals surface area contributed by atoms with Gasteiger partial charge < -0.3 is 4.74 Å². The number of fused-ring (bicyclic) bond motifs is 1. The predicted molar refractivity (Wildman–Crippen MR) is 89.9 cm³/mol. The summed E-state index contributed by atoms with van der Waals surface area (Å²) in [6.07, 6.45) is 2.60. The van der Waals surface area contributed by atoms with Crippen LogP contribution in [0.1, 0.15) is 31.7 Å². The van der Waals surface area contributed by atoms with Crippen LogP contribution in [-0.2, 0) is 19.6 Å². The lowest BCUT2D eigenvalue weighted by Crippen LogP contribution is -2.22. The molecule has 7 heteroatoms. The lowest BCUT2D eigenvalue weighted by atomic mass is 9.99. The molecule has 0 bridgehead atoms. The van der Waals surface area contributed by atoms with Crippen molar-refractivity contribution in [1.82, 2.24) is 4.83 Å². The number of benzene rings is 1. The molecular formula is C17H22N2O4S. The van der Waals surface area contributed by atoms with Gasteiger partial charge in [0.15, 0.2) is 0 Å². The lowest BCUT2D eigenvalue weighted by Gasteiger charge is -2.12. The molecule has 0 spiro atoms. The minimum Gasteiger partial charge on any atom is -0.466 e. The van der Waals surface area contributed by atoms with Crippen molar-refractivity contribution in [2.45, 2.75) is 38.0 Å². The molecule has 3 atom stereocenters. The summed E-state index contributed by atoms with van der Waals surface area (Å²) in [6, 6.07) is 6.60. The van der Waals surface area contributed by atoms with Crippen LogP contribution in [0.3, 0.4) is 0 Å². The first kappa shape index (κ1) is 17.0. The van der Waals surface area contributed by atoms with Crippen molar-refractivity contribution >= 4 is 21.7 Å². The second-order valence-corrected chi connectivity index (χ2v) is 8.03. The van der Waals surface area contributed by atoms with Crippen molar-refractivity contribution in [3.8, 4) is 0 Å². The highest BCUT2D eigenvalue weighted by Gasteiger charge is 2.59. The third-order valence-corrected chi connectivity index (χ3v) is 5.95. The van der Waals surface area contributed by atoms with Gasteiger partial charge in [-0.15, -0.1) is 0 Å². The standard InChI is InChI=1S/C17H22N2O4S/c1-3-23-17(20)16-13-5-4-6-14(15(13)16)18-19-24(21,22)12-9-7-11(2)8-10-12/h7-10,13,15-16,19H,3-6H2,1-2H3/b18-14-/t13-,15+,16-/m0/s1. The van der Waals surface area contributed by atoms with Crippen molar-refractivity contribution < 1.29 is 17.9 Å². The molecule has 0 aromatic heterocycles. The molecule has 2 saturated carbocycles. The highest BCUT2D eigenvalue weighted by atomic mass is 32.2. The highest BCUT2D eigenvalue weighted by Crippen LogP contribution is 2.54. The van der Waals surface area contributed by atoms with E-state index in [2.05, 4.69) is 9.93 Å². The van der Waals surface area contributed by atoms with Crippen LogP contribution in [0.2, 0.25) is 0 Å². The topological polar surface area (TPSA) is 84.8 Å². The fourth-order valence-corrected chi connectivity index (χ4v) is 4.29. The summed E-state index contributed by atoms with van der Waals surface area (Å²) in [5.41, 5.74) is 1.76. The number of carbonyl (C=O) groups excluding carboxylic acids is 1. The summed E-state index contributed by atoms with van der Waals surface area (Å²) >= 11 is 0. The molecule has 0 radical (unpaired) electrons. The number of carbonyl (C=O) groups is 1. The van der Waals surface area contributed by atoms with Gasteiger partial charge in [0.1, 0.15) is 0 Å². The van der Waals surface area contributed by atoms with E-state index < -0.39 is 10.0 Å². The van der Waals surface area contributed by atoms with Gasteiger partial charge in [-0.2, -0.15) is 13.5 Å². The Balaban J connectivity index is 1.72. The molecule has 0 unspecified atom stereocenters. The maximum Gasteiger partial charge on any atom is 0.309 e. The Labute approximate surface area is 142 Å². The Morgan fingerprint density at radius 3 is 2.71 bits per heavy atom. The van der Waals surface area contributed by atoms with Gasteiger partial charge in [-0.3, -0.25) is 4.79 Å². The zero-order valence-electron chi connectivity index (χ0n) is 13.9. The van der Waals surface area contributed by atoms with Gasteiger partial charge in [0.05, 0.1) is 17.4 Å². The number of ether oxygens (including phenoxy) is 1. The molecule has 0 aliphatic heterocycles. The summed E-state index contributed by atoms with van der Waals surface area (Å²) in [5, 5.41) is 4.14. The van der Waals surface area contributed by atoms with Crippen LogP contribution in [0.15, 0.2) is 34.3 Å². The lowest BCUT2D eigenvalue weighted by molar-refractivity contribution is -0.145. The van der Waals surface area contributed by atoms with E-state index >= 15 is 0 Å². The number of nitrogens with one attached hydrogen (secondary N) is 1. The maximum atomic E-state index is 12.3. The molecule has 2 aliphatic carbocycles. The van der Waals surface area contributed by atoms with Crippen LogP contribution in [0.25, 0.3) is 0 Å². The van der Waals surface area contributed by atoms with Crippen molar-refractivity contribution in [2.24, 2.45) is 22.9 Å². The van der Waals surface area contributed by atoms with Gasteiger partial charge in [0.25, 0.3) is 10.0 Å². The van der Waals surface area contributed by atoms with Crippen molar-refractivity contribution in [2.75, 3.05) is 6.61 Å². The summed E-state index contributed by atoms with van der Waals surface area (Å²) in [6.45, 7) is 4.05. The van der Waals surface area contributed by atoms with Crippen LogP contribution in [0.4, 0.5) is 0 Å². The van der Waals surface area contributed by atoms with Gasteiger partial charge in [0, 0.05) is 11.6 Å². The van der Waals surface area contributed by atoms with E-state index in [4.69, 9.17) is 4.74 Å². The Kier molecular flexibility index (Phi) is 4.62. The maximum absolute atomic E-state index is 12.3. The van der Waals surface area contributed by atoms with Crippen molar-refractivity contribution in [1.29, 1.82) is 0 Å². The van der Waals surface area contributed by atoms with E-state index in [1.807, 2.05) is 6.92 Å². The van der Waals surface area contributed by atoms with Gasteiger partial charge in [0.2, 0.25) is 0 Å². The Hall–Kier alpha value is -1.89. The van der Waals surface area contributed by atoms with Crippen molar-refractivity contribution in [3.63, 3.8) is 0 Å². The van der Waals surface area contributed by atoms with Crippen molar-refractivity contribution in [3.05, 3.63) is 29.8 Å². The SMILES string of the molecule is CCOC(=O)[C@H]1[C@H]2CCC/C(=N/NS(=O)(=O)c3ccc(C)cc3)[C@@H]21. The molecule has 2 aliphatic rings. The van der Waals surface area contributed by atoms with Crippen LogP contribution in [0, 0.1) is 24.7 Å². The van der Waals surface area contributed by atoms with Gasteiger partial charge >= 0.3 is 5.97 Å². The number of hydrazone groups is 1. The second kappa shape index (κ2) is 6.55. The average molecular weight is 350 g/mol. The molecule has 0 saturated heterocycles. The number of rotatable bonds is 5. The highest BCUT2D eigenvalue weighted by molar-refractivity contribution is 7.89. The molecule has 1 aromatic carbocycles. The third-order valence-electron chi connectivity index (χ3n) is 4.72. The van der Waals surface area contributed by atoms with E-state index in [-0.39, 0.29) is 28.6 Å². The molecule has 3 rings (SSSR count).